The summed E-state index contributed by atoms with van der Waals surface area (Å²) in [4.78, 5) is 5.58. The second-order valence-electron chi connectivity index (χ2n) is 3.33. The quantitative estimate of drug-likeness (QED) is 0.650. The van der Waals surface area contributed by atoms with Crippen LogP contribution in [0.15, 0.2) is 18.3 Å². The zero-order chi connectivity index (χ0) is 9.26. The van der Waals surface area contributed by atoms with E-state index >= 15 is 0 Å². The molecule has 1 atom stereocenters. The topological polar surface area (TPSA) is 42.1 Å². The normalized spacial score (nSPS) is 22.3. The van der Waals surface area contributed by atoms with Crippen molar-refractivity contribution in [2.24, 2.45) is 5.73 Å². The van der Waals surface area contributed by atoms with Crippen LogP contribution in [0.5, 0.6) is 0 Å². The predicted molar refractivity (Wildman–Crippen MR) is 49.0 cm³/mol. The maximum absolute atomic E-state index is 12.7. The zero-order valence-corrected chi connectivity index (χ0v) is 7.28. The molecule has 3 nitrogen and oxygen atoms in total. The third-order valence-electron chi connectivity index (χ3n) is 2.30. The van der Waals surface area contributed by atoms with Gasteiger partial charge in [-0.15, -0.1) is 0 Å². The minimum atomic E-state index is -0.432. The van der Waals surface area contributed by atoms with Gasteiger partial charge in [-0.05, 0) is 12.5 Å². The highest BCUT2D eigenvalue weighted by Gasteiger charge is 2.19. The molecule has 13 heavy (non-hydrogen) atoms. The molecule has 1 aliphatic heterocycles. The number of aromatic nitrogens is 1. The molecule has 0 saturated carbocycles. The van der Waals surface area contributed by atoms with Gasteiger partial charge in [0.15, 0.2) is 0 Å². The maximum Gasteiger partial charge on any atom is 0.214 e. The third-order valence-corrected chi connectivity index (χ3v) is 2.30. The van der Waals surface area contributed by atoms with Crippen molar-refractivity contribution in [3.63, 3.8) is 0 Å². The van der Waals surface area contributed by atoms with Gasteiger partial charge in [-0.3, -0.25) is 0 Å². The van der Waals surface area contributed by atoms with Crippen molar-refractivity contribution >= 4 is 5.69 Å². The van der Waals surface area contributed by atoms with Crippen molar-refractivity contribution in [2.75, 3.05) is 18.0 Å². The van der Waals surface area contributed by atoms with Gasteiger partial charge in [-0.1, -0.05) is 0 Å². The van der Waals surface area contributed by atoms with Crippen LogP contribution < -0.4 is 10.6 Å². The molecule has 0 radical (unpaired) electrons. The summed E-state index contributed by atoms with van der Waals surface area (Å²) in [6.07, 6.45) is 2.46. The number of nitrogens with two attached hydrogens (primary N) is 1. The van der Waals surface area contributed by atoms with E-state index in [0.29, 0.717) is 0 Å². The smallest absolute Gasteiger partial charge is 0.214 e. The number of pyridine rings is 1. The lowest BCUT2D eigenvalue weighted by molar-refractivity contribution is 0.583. The summed E-state index contributed by atoms with van der Waals surface area (Å²) in [7, 11) is 0. The first-order chi connectivity index (χ1) is 6.25. The fourth-order valence-electron chi connectivity index (χ4n) is 1.61. The average Bonchev–Trinajstić information content (AvgIpc) is 2.52. The Morgan fingerprint density at radius 3 is 3.08 bits per heavy atom. The van der Waals surface area contributed by atoms with Gasteiger partial charge in [0, 0.05) is 37.1 Å². The molecule has 2 heterocycles. The van der Waals surface area contributed by atoms with Crippen LogP contribution in [0.25, 0.3) is 0 Å². The van der Waals surface area contributed by atoms with E-state index in [1.165, 1.54) is 12.3 Å². The van der Waals surface area contributed by atoms with Crippen LogP contribution in [-0.4, -0.2) is 24.1 Å². The highest BCUT2D eigenvalue weighted by molar-refractivity contribution is 5.46. The number of halogens is 1. The fraction of sp³-hybridized carbons (Fsp3) is 0.444. The summed E-state index contributed by atoms with van der Waals surface area (Å²) in [5.41, 5.74) is 6.62. The van der Waals surface area contributed by atoms with Crippen molar-refractivity contribution in [3.05, 3.63) is 24.3 Å². The van der Waals surface area contributed by atoms with E-state index in [2.05, 4.69) is 9.88 Å². The molecule has 70 valence electrons. The molecule has 0 amide bonds. The third kappa shape index (κ3) is 1.78. The van der Waals surface area contributed by atoms with Crippen molar-refractivity contribution in [1.29, 1.82) is 0 Å². The Labute approximate surface area is 76.4 Å². The first kappa shape index (κ1) is 8.44. The lowest BCUT2D eigenvalue weighted by Gasteiger charge is -2.17. The minimum absolute atomic E-state index is 0.219. The summed E-state index contributed by atoms with van der Waals surface area (Å²) >= 11 is 0. The first-order valence-corrected chi connectivity index (χ1v) is 4.38. The molecular formula is C9H12FN3. The molecule has 1 fully saturated rings. The van der Waals surface area contributed by atoms with Crippen LogP contribution in [0.3, 0.4) is 0 Å². The molecule has 1 aliphatic rings. The zero-order valence-electron chi connectivity index (χ0n) is 7.28. The predicted octanol–water partition coefficient (Wildman–Crippen LogP) is 0.758. The Balaban J connectivity index is 2.16. The van der Waals surface area contributed by atoms with Crippen LogP contribution in [-0.2, 0) is 0 Å². The van der Waals surface area contributed by atoms with Gasteiger partial charge in [0.25, 0.3) is 0 Å². The summed E-state index contributed by atoms with van der Waals surface area (Å²) in [5, 5.41) is 0. The van der Waals surface area contributed by atoms with E-state index < -0.39 is 5.95 Å². The van der Waals surface area contributed by atoms with E-state index in [1.807, 2.05) is 0 Å². The molecule has 0 unspecified atom stereocenters. The van der Waals surface area contributed by atoms with Gasteiger partial charge < -0.3 is 10.6 Å². The molecular weight excluding hydrogens is 169 g/mol. The van der Waals surface area contributed by atoms with Crippen LogP contribution >= 0.6 is 0 Å². The van der Waals surface area contributed by atoms with Crippen LogP contribution in [0, 0.1) is 5.95 Å². The standard InChI is InChI=1S/C9H12FN3/c10-9-5-8(1-3-12-9)13-4-2-7(11)6-13/h1,3,5,7H,2,4,6,11H2/t7-/m0/s1. The molecule has 0 spiro atoms. The Kier molecular flexibility index (Phi) is 2.14. The molecule has 4 heteroatoms. The molecule has 0 bridgehead atoms. The number of hydrogen-bond donors (Lipinski definition) is 1. The summed E-state index contributed by atoms with van der Waals surface area (Å²) in [5.74, 6) is -0.432. The maximum atomic E-state index is 12.7. The molecule has 1 saturated heterocycles. The summed E-state index contributed by atoms with van der Waals surface area (Å²) in [6, 6.07) is 3.47. The fourth-order valence-corrected chi connectivity index (χ4v) is 1.61. The van der Waals surface area contributed by atoms with Crippen LogP contribution in [0.4, 0.5) is 10.1 Å². The van der Waals surface area contributed by atoms with E-state index in [1.54, 1.807) is 6.07 Å². The second kappa shape index (κ2) is 3.30. The first-order valence-electron chi connectivity index (χ1n) is 4.38. The minimum Gasteiger partial charge on any atom is -0.370 e. The molecule has 0 aliphatic carbocycles. The summed E-state index contributed by atoms with van der Waals surface area (Å²) < 4.78 is 12.7. The second-order valence-corrected chi connectivity index (χ2v) is 3.33. The molecule has 1 aromatic rings. The van der Waals surface area contributed by atoms with Crippen LogP contribution in [0.1, 0.15) is 6.42 Å². The van der Waals surface area contributed by atoms with Gasteiger partial charge in [-0.25, -0.2) is 4.98 Å². The van der Waals surface area contributed by atoms with Gasteiger partial charge in [0.1, 0.15) is 0 Å². The van der Waals surface area contributed by atoms with Crippen molar-refractivity contribution in [2.45, 2.75) is 12.5 Å². The molecule has 2 N–H and O–H groups in total. The van der Waals surface area contributed by atoms with Gasteiger partial charge >= 0.3 is 0 Å². The number of nitrogens with zero attached hydrogens (tertiary/aromatic N) is 2. The highest BCUT2D eigenvalue weighted by atomic mass is 19.1. The lowest BCUT2D eigenvalue weighted by atomic mass is 10.3. The van der Waals surface area contributed by atoms with E-state index in [4.69, 9.17) is 5.73 Å². The largest absolute Gasteiger partial charge is 0.370 e. The molecule has 0 aromatic carbocycles. The number of hydrogen-bond acceptors (Lipinski definition) is 3. The van der Waals surface area contributed by atoms with Gasteiger partial charge in [-0.2, -0.15) is 4.39 Å². The highest BCUT2D eigenvalue weighted by Crippen LogP contribution is 2.18. The van der Waals surface area contributed by atoms with Gasteiger partial charge in [0.05, 0.1) is 0 Å². The molecule has 2 rings (SSSR count). The number of rotatable bonds is 1. The average molecular weight is 181 g/mol. The SMILES string of the molecule is N[C@H]1CCN(c2ccnc(F)c2)C1. The Bertz CT molecular complexity index is 303. The number of anilines is 1. The van der Waals surface area contributed by atoms with E-state index in [0.717, 1.165) is 25.2 Å². The van der Waals surface area contributed by atoms with Crippen LogP contribution in [0.2, 0.25) is 0 Å². The Morgan fingerprint density at radius 1 is 1.62 bits per heavy atom. The lowest BCUT2D eigenvalue weighted by Crippen LogP contribution is -2.26. The van der Waals surface area contributed by atoms with Crippen molar-refractivity contribution in [3.8, 4) is 0 Å². The Morgan fingerprint density at radius 2 is 2.46 bits per heavy atom. The van der Waals surface area contributed by atoms with Crippen molar-refractivity contribution < 1.29 is 4.39 Å². The van der Waals surface area contributed by atoms with E-state index in [-0.39, 0.29) is 6.04 Å². The monoisotopic (exact) mass is 181 g/mol. The van der Waals surface area contributed by atoms with Crippen molar-refractivity contribution in [1.82, 2.24) is 4.98 Å². The Hall–Kier alpha value is -1.16. The van der Waals surface area contributed by atoms with E-state index in [9.17, 15) is 4.39 Å². The van der Waals surface area contributed by atoms with Gasteiger partial charge in [0.2, 0.25) is 5.95 Å². The summed E-state index contributed by atoms with van der Waals surface area (Å²) in [6.45, 7) is 1.72. The molecule has 1 aromatic heterocycles.